The lowest BCUT2D eigenvalue weighted by Crippen LogP contribution is -2.27. The van der Waals surface area contributed by atoms with Gasteiger partial charge in [-0.3, -0.25) is 4.68 Å². The lowest BCUT2D eigenvalue weighted by atomic mass is 9.91. The first-order chi connectivity index (χ1) is 8.94. The molecular weight excluding hydrogens is 243 g/mol. The van der Waals surface area contributed by atoms with Gasteiger partial charge in [-0.2, -0.15) is 5.10 Å². The molecule has 19 heavy (non-hydrogen) atoms. The van der Waals surface area contributed by atoms with E-state index in [1.54, 1.807) is 16.8 Å². The summed E-state index contributed by atoms with van der Waals surface area (Å²) in [6.07, 6.45) is 5.72. The maximum atomic E-state index is 12.8. The molecule has 2 aromatic rings. The molecule has 0 amide bonds. The smallest absolute Gasteiger partial charge is 0.123 e. The van der Waals surface area contributed by atoms with Crippen LogP contribution < -0.4 is 0 Å². The van der Waals surface area contributed by atoms with Crippen molar-refractivity contribution < 1.29 is 9.50 Å². The summed E-state index contributed by atoms with van der Waals surface area (Å²) in [5.41, 5.74) is 1.26. The second kappa shape index (κ2) is 5.53. The molecule has 2 rings (SSSR count). The first-order valence-corrected chi connectivity index (χ1v) is 6.39. The molecule has 1 heterocycles. The molecule has 0 saturated carbocycles. The summed E-state index contributed by atoms with van der Waals surface area (Å²) in [6, 6.07) is 6.28. The second-order valence-corrected chi connectivity index (χ2v) is 5.32. The molecule has 1 unspecified atom stereocenters. The lowest BCUT2D eigenvalue weighted by Gasteiger charge is -2.23. The average molecular weight is 262 g/mol. The van der Waals surface area contributed by atoms with Gasteiger partial charge in [-0.15, -0.1) is 0 Å². The fraction of sp³-hybridized carbons (Fsp3) is 0.400. The highest BCUT2D eigenvalue weighted by Gasteiger charge is 2.21. The van der Waals surface area contributed by atoms with Crippen molar-refractivity contribution in [3.63, 3.8) is 0 Å². The van der Waals surface area contributed by atoms with E-state index in [2.05, 4.69) is 5.10 Å². The number of nitrogens with zero attached hydrogens (tertiary/aromatic N) is 2. The van der Waals surface area contributed by atoms with Gasteiger partial charge < -0.3 is 5.11 Å². The molecule has 0 aliphatic carbocycles. The minimum atomic E-state index is -0.798. The van der Waals surface area contributed by atoms with Gasteiger partial charge in [-0.05, 0) is 43.0 Å². The predicted octanol–water partition coefficient (Wildman–Crippen LogP) is 2.49. The Morgan fingerprint density at radius 1 is 1.26 bits per heavy atom. The molecule has 102 valence electrons. The fourth-order valence-corrected chi connectivity index (χ4v) is 2.14. The van der Waals surface area contributed by atoms with Gasteiger partial charge in [0, 0.05) is 19.7 Å². The molecule has 1 aromatic heterocycles. The fourth-order valence-electron chi connectivity index (χ4n) is 2.14. The zero-order valence-electron chi connectivity index (χ0n) is 11.3. The molecular formula is C15H19FN2O. The van der Waals surface area contributed by atoms with Gasteiger partial charge in [0.15, 0.2) is 0 Å². The third kappa shape index (κ3) is 4.17. The monoisotopic (exact) mass is 262 g/mol. The van der Waals surface area contributed by atoms with Gasteiger partial charge in [0.2, 0.25) is 0 Å². The predicted molar refractivity (Wildman–Crippen MR) is 72.3 cm³/mol. The first-order valence-electron chi connectivity index (χ1n) is 6.39. The van der Waals surface area contributed by atoms with E-state index >= 15 is 0 Å². The standard InChI is InChI=1S/C15H19FN2O/c1-15(19,8-7-13-10-17-18(2)11-13)9-12-3-5-14(16)6-4-12/h3-6,10-11,19H,7-9H2,1-2H3. The van der Waals surface area contributed by atoms with E-state index in [0.29, 0.717) is 12.8 Å². The number of halogens is 1. The van der Waals surface area contributed by atoms with Gasteiger partial charge in [0.1, 0.15) is 5.82 Å². The molecule has 3 nitrogen and oxygen atoms in total. The number of aliphatic hydroxyl groups is 1. The summed E-state index contributed by atoms with van der Waals surface area (Å²) in [7, 11) is 1.88. The van der Waals surface area contributed by atoms with Crippen molar-refractivity contribution in [2.75, 3.05) is 0 Å². The molecule has 4 heteroatoms. The van der Waals surface area contributed by atoms with Crippen LogP contribution in [0, 0.1) is 5.82 Å². The van der Waals surface area contributed by atoms with Gasteiger partial charge >= 0.3 is 0 Å². The minimum absolute atomic E-state index is 0.251. The van der Waals surface area contributed by atoms with Crippen LogP contribution in [0.3, 0.4) is 0 Å². The van der Waals surface area contributed by atoms with Crippen LogP contribution in [-0.2, 0) is 19.9 Å². The van der Waals surface area contributed by atoms with Crippen molar-refractivity contribution in [1.29, 1.82) is 0 Å². The third-order valence-corrected chi connectivity index (χ3v) is 3.21. The molecule has 0 fully saturated rings. The number of rotatable bonds is 5. The zero-order chi connectivity index (χ0) is 13.9. The van der Waals surface area contributed by atoms with E-state index in [9.17, 15) is 9.50 Å². The summed E-state index contributed by atoms with van der Waals surface area (Å²) in [5.74, 6) is -0.251. The highest BCUT2D eigenvalue weighted by Crippen LogP contribution is 2.19. The van der Waals surface area contributed by atoms with E-state index in [1.807, 2.05) is 26.4 Å². The Balaban J connectivity index is 1.92. The molecule has 0 aliphatic rings. The Labute approximate surface area is 112 Å². The van der Waals surface area contributed by atoms with E-state index in [-0.39, 0.29) is 5.82 Å². The largest absolute Gasteiger partial charge is 0.390 e. The van der Waals surface area contributed by atoms with Gasteiger partial charge in [-0.25, -0.2) is 4.39 Å². The zero-order valence-corrected chi connectivity index (χ0v) is 11.3. The van der Waals surface area contributed by atoms with Crippen molar-refractivity contribution in [3.05, 3.63) is 53.6 Å². The Morgan fingerprint density at radius 2 is 1.95 bits per heavy atom. The molecule has 0 saturated heterocycles. The Morgan fingerprint density at radius 3 is 2.53 bits per heavy atom. The topological polar surface area (TPSA) is 38.0 Å². The van der Waals surface area contributed by atoms with Crippen molar-refractivity contribution in [2.24, 2.45) is 7.05 Å². The van der Waals surface area contributed by atoms with Crippen LogP contribution >= 0.6 is 0 Å². The highest BCUT2D eigenvalue weighted by molar-refractivity contribution is 5.18. The summed E-state index contributed by atoms with van der Waals surface area (Å²) in [5, 5.41) is 14.5. The van der Waals surface area contributed by atoms with Gasteiger partial charge in [-0.1, -0.05) is 12.1 Å². The van der Waals surface area contributed by atoms with Crippen LogP contribution in [0.2, 0.25) is 0 Å². The molecule has 1 atom stereocenters. The SMILES string of the molecule is Cn1cc(CCC(C)(O)Cc2ccc(F)cc2)cn1. The molecule has 1 aromatic carbocycles. The van der Waals surface area contributed by atoms with E-state index in [0.717, 1.165) is 17.5 Å². The van der Waals surface area contributed by atoms with Crippen LogP contribution in [0.1, 0.15) is 24.5 Å². The number of hydrogen-bond donors (Lipinski definition) is 1. The first kappa shape index (κ1) is 13.7. The van der Waals surface area contributed by atoms with Crippen LogP contribution in [0.15, 0.2) is 36.7 Å². The molecule has 0 spiro atoms. The van der Waals surface area contributed by atoms with Crippen molar-refractivity contribution >= 4 is 0 Å². The summed E-state index contributed by atoms with van der Waals surface area (Å²) in [6.45, 7) is 1.81. The Bertz CT molecular complexity index is 531. The highest BCUT2D eigenvalue weighted by atomic mass is 19.1. The maximum Gasteiger partial charge on any atom is 0.123 e. The summed E-state index contributed by atoms with van der Waals surface area (Å²) >= 11 is 0. The Kier molecular flexibility index (Phi) is 4.00. The van der Waals surface area contributed by atoms with E-state index in [4.69, 9.17) is 0 Å². The Hall–Kier alpha value is -1.68. The minimum Gasteiger partial charge on any atom is -0.390 e. The van der Waals surface area contributed by atoms with E-state index < -0.39 is 5.60 Å². The molecule has 0 bridgehead atoms. The number of benzene rings is 1. The van der Waals surface area contributed by atoms with Crippen molar-refractivity contribution in [2.45, 2.75) is 31.8 Å². The maximum absolute atomic E-state index is 12.8. The normalized spacial score (nSPS) is 14.3. The summed E-state index contributed by atoms with van der Waals surface area (Å²) in [4.78, 5) is 0. The molecule has 0 aliphatic heterocycles. The van der Waals surface area contributed by atoms with E-state index in [1.165, 1.54) is 12.1 Å². The van der Waals surface area contributed by atoms with Gasteiger partial charge in [0.25, 0.3) is 0 Å². The van der Waals surface area contributed by atoms with Crippen LogP contribution in [0.25, 0.3) is 0 Å². The lowest BCUT2D eigenvalue weighted by molar-refractivity contribution is 0.0516. The van der Waals surface area contributed by atoms with Crippen LogP contribution in [0.4, 0.5) is 4.39 Å². The number of aryl methyl sites for hydroxylation is 2. The van der Waals surface area contributed by atoms with Crippen LogP contribution in [0.5, 0.6) is 0 Å². The van der Waals surface area contributed by atoms with Crippen molar-refractivity contribution in [3.8, 4) is 0 Å². The van der Waals surface area contributed by atoms with Gasteiger partial charge in [0.05, 0.1) is 11.8 Å². The third-order valence-electron chi connectivity index (χ3n) is 3.21. The number of aromatic nitrogens is 2. The van der Waals surface area contributed by atoms with Crippen LogP contribution in [-0.4, -0.2) is 20.5 Å². The van der Waals surface area contributed by atoms with Crippen molar-refractivity contribution in [1.82, 2.24) is 9.78 Å². The number of hydrogen-bond acceptors (Lipinski definition) is 2. The molecule has 1 N–H and O–H groups in total. The summed E-state index contributed by atoms with van der Waals surface area (Å²) < 4.78 is 14.6. The quantitative estimate of drug-likeness (QED) is 0.899. The molecule has 0 radical (unpaired) electrons. The average Bonchev–Trinajstić information content (AvgIpc) is 2.76. The second-order valence-electron chi connectivity index (χ2n) is 5.32.